The van der Waals surface area contributed by atoms with Gasteiger partial charge in [-0.05, 0) is 83.6 Å². The summed E-state index contributed by atoms with van der Waals surface area (Å²) >= 11 is 0. The van der Waals surface area contributed by atoms with E-state index in [4.69, 9.17) is 0 Å². The molecule has 4 rings (SSSR count). The Balaban J connectivity index is 1.28. The summed E-state index contributed by atoms with van der Waals surface area (Å²) in [5.74, 6) is 0. The number of hydrogen-bond donors (Lipinski definition) is 1. The Morgan fingerprint density at radius 2 is 0.914 bits per heavy atom. The molecular weight excluding hydrogens is 436 g/mol. The third-order valence-electron chi connectivity index (χ3n) is 5.37. The summed E-state index contributed by atoms with van der Waals surface area (Å²) in [4.78, 5) is 32.3. The first-order chi connectivity index (χ1) is 17.2. The summed E-state index contributed by atoms with van der Waals surface area (Å²) in [7, 11) is 0. The molecule has 0 aliphatic rings. The number of aliphatic imine (C=N–C) groups is 3. The molecule has 0 fully saturated rings. The Bertz CT molecular complexity index is 1380. The molecule has 1 N–H and O–H groups in total. The molecule has 0 atom stereocenters. The number of benzene rings is 4. The fraction of sp³-hybridized carbons (Fsp3) is 0.0690. The van der Waals surface area contributed by atoms with E-state index in [2.05, 4.69) is 44.6 Å². The maximum absolute atomic E-state index is 10.3. The minimum Gasteiger partial charge on any atom is -0.346 e. The lowest BCUT2D eigenvalue weighted by Crippen LogP contribution is -1.95. The molecule has 0 amide bonds. The van der Waals surface area contributed by atoms with Crippen LogP contribution >= 0.6 is 0 Å². The summed E-state index contributed by atoms with van der Waals surface area (Å²) in [6.45, 7) is 0. The van der Waals surface area contributed by atoms with E-state index in [1.165, 1.54) is 11.1 Å². The standard InChI is InChI=1S/C29H22N4O2/c34-20-32-28-13-5-24(6-14-28)17-22-1-9-26(10-2-22)30-19-31-27-11-3-23(4-12-27)18-25-7-15-29(16-8-25)33-21-35/h1-16,19H,17-18H2,(H,30,31). The maximum atomic E-state index is 10.3. The van der Waals surface area contributed by atoms with Crippen LogP contribution in [-0.4, -0.2) is 18.5 Å². The van der Waals surface area contributed by atoms with E-state index in [1.807, 2.05) is 60.7 Å². The predicted octanol–water partition coefficient (Wildman–Crippen LogP) is 6.57. The van der Waals surface area contributed by atoms with Gasteiger partial charge in [-0.2, -0.15) is 9.98 Å². The second-order valence-electron chi connectivity index (χ2n) is 7.86. The van der Waals surface area contributed by atoms with E-state index >= 15 is 0 Å². The summed E-state index contributed by atoms with van der Waals surface area (Å²) in [5, 5.41) is 3.20. The van der Waals surface area contributed by atoms with Crippen molar-refractivity contribution in [2.75, 3.05) is 5.32 Å². The van der Waals surface area contributed by atoms with Gasteiger partial charge in [0.1, 0.15) is 0 Å². The van der Waals surface area contributed by atoms with Crippen molar-refractivity contribution in [2.24, 2.45) is 15.0 Å². The minimum atomic E-state index is 0.605. The zero-order valence-corrected chi connectivity index (χ0v) is 18.9. The van der Waals surface area contributed by atoms with E-state index in [0.29, 0.717) is 11.4 Å². The van der Waals surface area contributed by atoms with E-state index in [1.54, 1.807) is 30.6 Å². The molecule has 0 saturated carbocycles. The van der Waals surface area contributed by atoms with Gasteiger partial charge in [0, 0.05) is 5.69 Å². The lowest BCUT2D eigenvalue weighted by atomic mass is 10.0. The summed E-state index contributed by atoms with van der Waals surface area (Å²) in [5.41, 5.74) is 7.65. The molecular formula is C29H22N4O2. The second kappa shape index (κ2) is 11.8. The Labute approximate surface area is 203 Å². The summed E-state index contributed by atoms with van der Waals surface area (Å²) in [6, 6.07) is 31.3. The van der Waals surface area contributed by atoms with Crippen LogP contribution in [0.5, 0.6) is 0 Å². The van der Waals surface area contributed by atoms with Crippen LogP contribution in [-0.2, 0) is 22.4 Å². The molecule has 0 unspecified atom stereocenters. The van der Waals surface area contributed by atoms with Crippen LogP contribution in [0.2, 0.25) is 0 Å². The first kappa shape index (κ1) is 23.3. The topological polar surface area (TPSA) is 83.2 Å². The number of nitrogens with one attached hydrogen (secondary N) is 1. The Kier molecular flexibility index (Phi) is 7.86. The molecule has 0 aliphatic heterocycles. The zero-order chi connectivity index (χ0) is 24.3. The van der Waals surface area contributed by atoms with Crippen LogP contribution in [0, 0.1) is 0 Å². The van der Waals surface area contributed by atoms with Crippen molar-refractivity contribution in [3.63, 3.8) is 0 Å². The number of hydrogen-bond acceptors (Lipinski definition) is 5. The fourth-order valence-corrected chi connectivity index (χ4v) is 3.55. The molecule has 0 spiro atoms. The van der Waals surface area contributed by atoms with Gasteiger partial charge in [0.25, 0.3) is 0 Å². The molecule has 6 nitrogen and oxygen atoms in total. The van der Waals surface area contributed by atoms with Crippen LogP contribution < -0.4 is 5.32 Å². The third kappa shape index (κ3) is 7.04. The van der Waals surface area contributed by atoms with Crippen molar-refractivity contribution < 1.29 is 9.59 Å². The van der Waals surface area contributed by atoms with Crippen molar-refractivity contribution in [1.29, 1.82) is 0 Å². The molecule has 170 valence electrons. The zero-order valence-electron chi connectivity index (χ0n) is 18.9. The molecule has 35 heavy (non-hydrogen) atoms. The van der Waals surface area contributed by atoms with Crippen LogP contribution in [0.25, 0.3) is 0 Å². The quantitative estimate of drug-likeness (QED) is 0.175. The van der Waals surface area contributed by atoms with Crippen molar-refractivity contribution >= 4 is 41.2 Å². The number of anilines is 1. The van der Waals surface area contributed by atoms with E-state index in [0.717, 1.165) is 35.3 Å². The summed E-state index contributed by atoms with van der Waals surface area (Å²) < 4.78 is 0. The minimum absolute atomic E-state index is 0.605. The molecule has 0 saturated heterocycles. The van der Waals surface area contributed by atoms with E-state index < -0.39 is 0 Å². The van der Waals surface area contributed by atoms with E-state index in [-0.39, 0.29) is 0 Å². The van der Waals surface area contributed by atoms with Gasteiger partial charge in [0.2, 0.25) is 12.2 Å². The predicted molar refractivity (Wildman–Crippen MR) is 139 cm³/mol. The van der Waals surface area contributed by atoms with Gasteiger partial charge in [-0.15, -0.1) is 0 Å². The first-order valence-electron chi connectivity index (χ1n) is 11.0. The normalized spacial score (nSPS) is 10.4. The molecule has 6 heteroatoms. The number of nitrogens with zero attached hydrogens (tertiary/aromatic N) is 3. The largest absolute Gasteiger partial charge is 0.346 e. The van der Waals surface area contributed by atoms with Gasteiger partial charge in [-0.3, -0.25) is 0 Å². The Morgan fingerprint density at radius 1 is 0.543 bits per heavy atom. The van der Waals surface area contributed by atoms with Crippen LogP contribution in [0.15, 0.2) is 112 Å². The second-order valence-corrected chi connectivity index (χ2v) is 7.86. The molecule has 0 bridgehead atoms. The van der Waals surface area contributed by atoms with Crippen molar-refractivity contribution in [3.05, 3.63) is 119 Å². The molecule has 4 aromatic carbocycles. The number of isocyanates is 2. The molecule has 0 aromatic heterocycles. The highest BCUT2D eigenvalue weighted by molar-refractivity contribution is 5.77. The maximum Gasteiger partial charge on any atom is 0.240 e. The highest BCUT2D eigenvalue weighted by atomic mass is 16.1. The van der Waals surface area contributed by atoms with Gasteiger partial charge in [-0.1, -0.05) is 48.5 Å². The smallest absolute Gasteiger partial charge is 0.240 e. The molecule has 0 aliphatic carbocycles. The van der Waals surface area contributed by atoms with Crippen molar-refractivity contribution in [3.8, 4) is 0 Å². The summed E-state index contributed by atoms with van der Waals surface area (Å²) in [6.07, 6.45) is 6.36. The Morgan fingerprint density at radius 3 is 1.31 bits per heavy atom. The van der Waals surface area contributed by atoms with E-state index in [9.17, 15) is 9.59 Å². The van der Waals surface area contributed by atoms with Crippen molar-refractivity contribution in [1.82, 2.24) is 0 Å². The highest BCUT2D eigenvalue weighted by Crippen LogP contribution is 2.19. The van der Waals surface area contributed by atoms with Gasteiger partial charge in [0.15, 0.2) is 0 Å². The Hall–Kier alpha value is -4.89. The first-order valence-corrected chi connectivity index (χ1v) is 11.0. The van der Waals surface area contributed by atoms with Crippen LogP contribution in [0.1, 0.15) is 22.3 Å². The average Bonchev–Trinajstić information content (AvgIpc) is 2.89. The molecule has 0 radical (unpaired) electrons. The molecule has 4 aromatic rings. The lowest BCUT2D eigenvalue weighted by molar-refractivity contribution is 0.564. The number of carbonyl (C=O) groups excluding carboxylic acids is 2. The van der Waals surface area contributed by atoms with Crippen LogP contribution in [0.4, 0.5) is 22.7 Å². The van der Waals surface area contributed by atoms with Gasteiger partial charge >= 0.3 is 0 Å². The fourth-order valence-electron chi connectivity index (χ4n) is 3.55. The number of rotatable bonds is 9. The monoisotopic (exact) mass is 458 g/mol. The van der Waals surface area contributed by atoms with Crippen molar-refractivity contribution in [2.45, 2.75) is 12.8 Å². The SMILES string of the molecule is O=C=Nc1ccc(Cc2ccc(N=CNc3ccc(Cc4ccc(N=C=O)cc4)cc3)cc2)cc1. The third-order valence-corrected chi connectivity index (χ3v) is 5.37. The highest BCUT2D eigenvalue weighted by Gasteiger charge is 2.00. The van der Waals surface area contributed by atoms with Gasteiger partial charge in [-0.25, -0.2) is 14.6 Å². The van der Waals surface area contributed by atoms with Crippen LogP contribution in [0.3, 0.4) is 0 Å². The molecule has 0 heterocycles. The van der Waals surface area contributed by atoms with Gasteiger partial charge < -0.3 is 5.32 Å². The lowest BCUT2D eigenvalue weighted by Gasteiger charge is -2.05. The van der Waals surface area contributed by atoms with Gasteiger partial charge in [0.05, 0.1) is 23.4 Å². The average molecular weight is 459 g/mol.